The molecular weight excluding hydrogens is 285 g/mol. The SMILES string of the molecule is CC(Nc1ccc2c(c1)OC(F)(F)O2)c1ccncc1F. The average molecular weight is 296 g/mol. The van der Waals surface area contributed by atoms with Crippen LogP contribution in [0.25, 0.3) is 0 Å². The van der Waals surface area contributed by atoms with Crippen molar-refractivity contribution in [2.24, 2.45) is 0 Å². The molecule has 0 saturated carbocycles. The summed E-state index contributed by atoms with van der Waals surface area (Å²) < 4.78 is 48.1. The fourth-order valence-corrected chi connectivity index (χ4v) is 2.10. The van der Waals surface area contributed by atoms with E-state index in [-0.39, 0.29) is 17.5 Å². The molecule has 3 rings (SSSR count). The Labute approximate surface area is 118 Å². The van der Waals surface area contributed by atoms with Gasteiger partial charge in [0.05, 0.1) is 12.2 Å². The van der Waals surface area contributed by atoms with Crippen molar-refractivity contribution in [3.05, 3.63) is 48.0 Å². The van der Waals surface area contributed by atoms with Gasteiger partial charge in [0.2, 0.25) is 0 Å². The number of alkyl halides is 2. The summed E-state index contributed by atoms with van der Waals surface area (Å²) in [5, 5.41) is 3.01. The zero-order valence-electron chi connectivity index (χ0n) is 10.9. The largest absolute Gasteiger partial charge is 0.586 e. The molecule has 1 N–H and O–H groups in total. The van der Waals surface area contributed by atoms with Gasteiger partial charge in [-0.25, -0.2) is 4.39 Å². The topological polar surface area (TPSA) is 43.4 Å². The highest BCUT2D eigenvalue weighted by atomic mass is 19.3. The van der Waals surface area contributed by atoms with E-state index in [1.54, 1.807) is 19.1 Å². The number of nitrogens with one attached hydrogen (secondary N) is 1. The van der Waals surface area contributed by atoms with Crippen LogP contribution in [0.4, 0.5) is 18.9 Å². The van der Waals surface area contributed by atoms with Gasteiger partial charge >= 0.3 is 6.29 Å². The first-order valence-corrected chi connectivity index (χ1v) is 6.20. The number of hydrogen-bond acceptors (Lipinski definition) is 4. The lowest BCUT2D eigenvalue weighted by atomic mass is 10.1. The molecule has 1 aliphatic rings. The van der Waals surface area contributed by atoms with Gasteiger partial charge in [0.1, 0.15) is 5.82 Å². The molecule has 0 amide bonds. The number of nitrogens with zero attached hydrogens (tertiary/aromatic N) is 1. The van der Waals surface area contributed by atoms with E-state index in [2.05, 4.69) is 19.8 Å². The van der Waals surface area contributed by atoms with Gasteiger partial charge in [-0.05, 0) is 25.1 Å². The Bertz CT molecular complexity index is 679. The Morgan fingerprint density at radius 2 is 1.95 bits per heavy atom. The van der Waals surface area contributed by atoms with Crippen LogP contribution in [0, 0.1) is 5.82 Å². The van der Waals surface area contributed by atoms with Gasteiger partial charge in [-0.1, -0.05) is 0 Å². The number of benzene rings is 1. The normalized spacial score (nSPS) is 16.6. The molecule has 1 unspecified atom stereocenters. The summed E-state index contributed by atoms with van der Waals surface area (Å²) in [6.45, 7) is 1.75. The smallest absolute Gasteiger partial charge is 0.395 e. The second-order valence-corrected chi connectivity index (χ2v) is 4.59. The molecular formula is C14H11F3N2O2. The van der Waals surface area contributed by atoms with Gasteiger partial charge in [0.15, 0.2) is 11.5 Å². The number of ether oxygens (including phenoxy) is 2. The molecule has 1 atom stereocenters. The van der Waals surface area contributed by atoms with Crippen molar-refractivity contribution in [2.75, 3.05) is 5.32 Å². The van der Waals surface area contributed by atoms with E-state index in [9.17, 15) is 13.2 Å². The van der Waals surface area contributed by atoms with Crippen molar-refractivity contribution in [1.29, 1.82) is 0 Å². The highest BCUT2D eigenvalue weighted by molar-refractivity contribution is 5.56. The molecule has 1 aliphatic heterocycles. The van der Waals surface area contributed by atoms with Crippen LogP contribution in [0.1, 0.15) is 18.5 Å². The summed E-state index contributed by atoms with van der Waals surface area (Å²) >= 11 is 0. The predicted octanol–water partition coefficient (Wildman–Crippen LogP) is 3.72. The highest BCUT2D eigenvalue weighted by Crippen LogP contribution is 2.42. The first-order chi connectivity index (χ1) is 9.94. The Hall–Kier alpha value is -2.44. The van der Waals surface area contributed by atoms with E-state index in [0.717, 1.165) is 6.20 Å². The van der Waals surface area contributed by atoms with E-state index in [1.807, 2.05) is 0 Å². The van der Waals surface area contributed by atoms with Crippen LogP contribution in [-0.2, 0) is 0 Å². The van der Waals surface area contributed by atoms with Crippen LogP contribution in [0.3, 0.4) is 0 Å². The molecule has 0 radical (unpaired) electrons. The fraction of sp³-hybridized carbons (Fsp3) is 0.214. The fourth-order valence-electron chi connectivity index (χ4n) is 2.10. The lowest BCUT2D eigenvalue weighted by Crippen LogP contribution is -2.25. The van der Waals surface area contributed by atoms with Crippen molar-refractivity contribution in [1.82, 2.24) is 4.98 Å². The van der Waals surface area contributed by atoms with Crippen LogP contribution in [0.15, 0.2) is 36.7 Å². The first-order valence-electron chi connectivity index (χ1n) is 6.20. The quantitative estimate of drug-likeness (QED) is 0.937. The third-order valence-electron chi connectivity index (χ3n) is 3.05. The van der Waals surface area contributed by atoms with E-state index >= 15 is 0 Å². The monoisotopic (exact) mass is 296 g/mol. The molecule has 110 valence electrons. The highest BCUT2D eigenvalue weighted by Gasteiger charge is 2.43. The van der Waals surface area contributed by atoms with Crippen molar-refractivity contribution in [3.8, 4) is 11.5 Å². The molecule has 4 nitrogen and oxygen atoms in total. The number of halogens is 3. The number of anilines is 1. The second kappa shape index (κ2) is 4.83. The molecule has 1 aromatic heterocycles. The maximum Gasteiger partial charge on any atom is 0.586 e. The number of rotatable bonds is 3. The lowest BCUT2D eigenvalue weighted by Gasteiger charge is -2.16. The minimum Gasteiger partial charge on any atom is -0.395 e. The van der Waals surface area contributed by atoms with Crippen molar-refractivity contribution in [3.63, 3.8) is 0 Å². The van der Waals surface area contributed by atoms with E-state index < -0.39 is 12.1 Å². The molecule has 0 aliphatic carbocycles. The van der Waals surface area contributed by atoms with Crippen LogP contribution in [0.2, 0.25) is 0 Å². The number of hydrogen-bond donors (Lipinski definition) is 1. The third kappa shape index (κ3) is 2.72. The molecule has 1 aromatic carbocycles. The molecule has 21 heavy (non-hydrogen) atoms. The van der Waals surface area contributed by atoms with Gasteiger partial charge < -0.3 is 14.8 Å². The van der Waals surface area contributed by atoms with E-state index in [4.69, 9.17) is 0 Å². The number of pyridine rings is 1. The Balaban J connectivity index is 1.79. The van der Waals surface area contributed by atoms with Gasteiger partial charge in [0.25, 0.3) is 0 Å². The van der Waals surface area contributed by atoms with Crippen molar-refractivity contribution in [2.45, 2.75) is 19.3 Å². The Morgan fingerprint density at radius 3 is 2.71 bits per heavy atom. The molecule has 2 aromatic rings. The summed E-state index contributed by atoms with van der Waals surface area (Å²) in [4.78, 5) is 3.67. The zero-order chi connectivity index (χ0) is 15.0. The molecule has 0 fully saturated rings. The third-order valence-corrected chi connectivity index (χ3v) is 3.05. The average Bonchev–Trinajstić information content (AvgIpc) is 2.72. The maximum absolute atomic E-state index is 13.6. The van der Waals surface area contributed by atoms with Crippen LogP contribution >= 0.6 is 0 Å². The Kier molecular flexibility index (Phi) is 3.12. The molecule has 2 heterocycles. The van der Waals surface area contributed by atoms with Gasteiger partial charge in [-0.3, -0.25) is 4.98 Å². The van der Waals surface area contributed by atoms with Crippen LogP contribution in [-0.4, -0.2) is 11.3 Å². The van der Waals surface area contributed by atoms with Crippen molar-refractivity contribution >= 4 is 5.69 Å². The molecule has 0 saturated heterocycles. The summed E-state index contributed by atoms with van der Waals surface area (Å²) in [5.41, 5.74) is 0.937. The summed E-state index contributed by atoms with van der Waals surface area (Å²) in [7, 11) is 0. The summed E-state index contributed by atoms with van der Waals surface area (Å²) in [5.74, 6) is -0.537. The summed E-state index contributed by atoms with van der Waals surface area (Å²) in [6, 6.07) is 5.49. The van der Waals surface area contributed by atoms with Gasteiger partial charge in [-0.2, -0.15) is 0 Å². The number of fused-ring (bicyclic) bond motifs is 1. The Morgan fingerprint density at radius 1 is 1.19 bits per heavy atom. The molecule has 0 spiro atoms. The predicted molar refractivity (Wildman–Crippen MR) is 68.9 cm³/mol. The lowest BCUT2D eigenvalue weighted by molar-refractivity contribution is -0.286. The summed E-state index contributed by atoms with van der Waals surface area (Å²) in [6.07, 6.45) is -1.05. The maximum atomic E-state index is 13.6. The molecule has 7 heteroatoms. The van der Waals surface area contributed by atoms with Gasteiger partial charge in [-0.15, -0.1) is 8.78 Å². The standard InChI is InChI=1S/C14H11F3N2O2/c1-8(10-4-5-18-7-11(10)15)19-9-2-3-12-13(6-9)21-14(16,17)20-12/h2-8,19H,1H3. The molecule has 0 bridgehead atoms. The van der Waals surface area contributed by atoms with E-state index in [0.29, 0.717) is 11.3 Å². The zero-order valence-corrected chi connectivity index (χ0v) is 10.9. The van der Waals surface area contributed by atoms with Crippen LogP contribution in [0.5, 0.6) is 11.5 Å². The number of aromatic nitrogens is 1. The van der Waals surface area contributed by atoms with Crippen molar-refractivity contribution < 1.29 is 22.6 Å². The van der Waals surface area contributed by atoms with Gasteiger partial charge in [0, 0.05) is 23.5 Å². The second-order valence-electron chi connectivity index (χ2n) is 4.59. The van der Waals surface area contributed by atoms with Crippen LogP contribution < -0.4 is 14.8 Å². The minimum absolute atomic E-state index is 0.0340. The van der Waals surface area contributed by atoms with E-state index in [1.165, 1.54) is 18.3 Å². The first kappa shape index (κ1) is 13.5. The minimum atomic E-state index is -3.65.